The lowest BCUT2D eigenvalue weighted by Crippen LogP contribution is -2.52. The number of hydrogen-bond donors (Lipinski definition) is 1. The predicted octanol–water partition coefficient (Wildman–Crippen LogP) is 5.16. The maximum Gasteiger partial charge on any atom is 0.408 e. The molecule has 1 aromatic heterocycles. The van der Waals surface area contributed by atoms with Gasteiger partial charge in [0.15, 0.2) is 0 Å². The Morgan fingerprint density at radius 2 is 1.90 bits per heavy atom. The quantitative estimate of drug-likeness (QED) is 0.648. The molecule has 1 heterocycles. The summed E-state index contributed by atoms with van der Waals surface area (Å²) in [6.07, 6.45) is 4.17. The lowest BCUT2D eigenvalue weighted by atomic mass is 9.72. The minimum absolute atomic E-state index is 0.355. The van der Waals surface area contributed by atoms with Crippen LogP contribution in [0.3, 0.4) is 0 Å². The van der Waals surface area contributed by atoms with Gasteiger partial charge in [0, 0.05) is 16.2 Å². The van der Waals surface area contributed by atoms with Gasteiger partial charge in [0.05, 0.1) is 18.2 Å². The van der Waals surface area contributed by atoms with Crippen LogP contribution in [0.4, 0.5) is 4.79 Å². The van der Waals surface area contributed by atoms with E-state index in [2.05, 4.69) is 38.1 Å². The van der Waals surface area contributed by atoms with Gasteiger partial charge in [-0.2, -0.15) is 0 Å². The van der Waals surface area contributed by atoms with E-state index in [9.17, 15) is 4.79 Å². The highest BCUT2D eigenvalue weighted by Crippen LogP contribution is 2.41. The summed E-state index contributed by atoms with van der Waals surface area (Å²) in [6.45, 7) is 5.59. The topological polar surface area (TPSA) is 60.5 Å². The maximum atomic E-state index is 12.3. The number of benzene rings is 1. The van der Waals surface area contributed by atoms with Crippen molar-refractivity contribution in [3.63, 3.8) is 0 Å². The zero-order chi connectivity index (χ0) is 21.1. The molecule has 152 valence electrons. The molecule has 2 aromatic rings. The Morgan fingerprint density at radius 1 is 1.21 bits per heavy atom. The summed E-state index contributed by atoms with van der Waals surface area (Å²) in [5, 5.41) is 3.07. The summed E-state index contributed by atoms with van der Waals surface area (Å²) in [5.41, 5.74) is 1.79. The van der Waals surface area contributed by atoms with Crippen LogP contribution in [0, 0.1) is 11.8 Å². The summed E-state index contributed by atoms with van der Waals surface area (Å²) in [7, 11) is 1.58. The summed E-state index contributed by atoms with van der Waals surface area (Å²) >= 11 is 3.40. The molecule has 0 atom stereocenters. The van der Waals surface area contributed by atoms with E-state index < -0.39 is 5.60 Å². The molecule has 1 aliphatic carbocycles. The molecule has 1 aromatic carbocycles. The van der Waals surface area contributed by atoms with Gasteiger partial charge in [0.25, 0.3) is 0 Å². The average molecular weight is 457 g/mol. The van der Waals surface area contributed by atoms with E-state index >= 15 is 0 Å². The third-order valence-corrected chi connectivity index (χ3v) is 5.17. The average Bonchev–Trinajstić information content (AvgIpc) is 2.62. The van der Waals surface area contributed by atoms with Gasteiger partial charge in [-0.05, 0) is 79.7 Å². The summed E-state index contributed by atoms with van der Waals surface area (Å²) < 4.78 is 11.5. The number of carbonyl (C=O) groups is 1. The number of halogens is 1. The monoisotopic (exact) mass is 456 g/mol. The van der Waals surface area contributed by atoms with Gasteiger partial charge in [0.2, 0.25) is 5.88 Å². The molecule has 3 rings (SSSR count). The Balaban J connectivity index is 1.77. The Kier molecular flexibility index (Phi) is 6.18. The zero-order valence-electron chi connectivity index (χ0n) is 17.1. The van der Waals surface area contributed by atoms with Gasteiger partial charge in [-0.1, -0.05) is 24.0 Å². The third kappa shape index (κ3) is 5.30. The third-order valence-electron chi connectivity index (χ3n) is 4.74. The number of hydrogen-bond acceptors (Lipinski definition) is 4. The Morgan fingerprint density at radius 3 is 2.45 bits per heavy atom. The van der Waals surface area contributed by atoms with Gasteiger partial charge < -0.3 is 14.8 Å². The number of methoxy groups -OCH3 is 1. The summed E-state index contributed by atoms with van der Waals surface area (Å²) in [5.74, 6) is 6.75. The second-order valence-corrected chi connectivity index (χ2v) is 9.02. The predicted molar refractivity (Wildman–Crippen MR) is 116 cm³/mol. The number of aromatic nitrogens is 1. The molecule has 1 fully saturated rings. The van der Waals surface area contributed by atoms with Crippen LogP contribution < -0.4 is 10.1 Å². The first-order chi connectivity index (χ1) is 13.7. The van der Waals surface area contributed by atoms with Crippen molar-refractivity contribution in [3.8, 4) is 17.7 Å². The van der Waals surface area contributed by atoms with Crippen LogP contribution in [0.2, 0.25) is 0 Å². The molecule has 29 heavy (non-hydrogen) atoms. The minimum atomic E-state index is -0.517. The SMILES string of the molecule is COc1ncc(Br)cc1C#Cc1ccc(C2(NC(=O)OC(C)(C)C)CCC2)cc1. The molecule has 1 N–H and O–H groups in total. The highest BCUT2D eigenvalue weighted by atomic mass is 79.9. The van der Waals surface area contributed by atoms with Crippen molar-refractivity contribution in [2.75, 3.05) is 7.11 Å². The molecule has 6 heteroatoms. The van der Waals surface area contributed by atoms with Crippen molar-refractivity contribution in [3.05, 3.63) is 57.7 Å². The number of nitrogens with one attached hydrogen (secondary N) is 1. The number of alkyl carbamates (subject to hydrolysis) is 1. The Bertz CT molecular complexity index is 949. The Labute approximate surface area is 180 Å². The fraction of sp³-hybridized carbons (Fsp3) is 0.391. The molecule has 5 nitrogen and oxygen atoms in total. The van der Waals surface area contributed by atoms with Crippen molar-refractivity contribution >= 4 is 22.0 Å². The van der Waals surface area contributed by atoms with Crippen LogP contribution in [0.1, 0.15) is 56.7 Å². The van der Waals surface area contributed by atoms with Gasteiger partial charge >= 0.3 is 6.09 Å². The number of pyridine rings is 1. The van der Waals surface area contributed by atoms with Crippen molar-refractivity contribution in [2.45, 2.75) is 51.2 Å². The number of rotatable bonds is 3. The number of carbonyl (C=O) groups excluding carboxylic acids is 1. The second kappa shape index (κ2) is 8.46. The molecule has 0 aliphatic heterocycles. The molecule has 1 aliphatic rings. The molecule has 0 unspecified atom stereocenters. The van der Waals surface area contributed by atoms with E-state index in [1.807, 2.05) is 51.1 Å². The highest BCUT2D eigenvalue weighted by Gasteiger charge is 2.41. The molecule has 0 radical (unpaired) electrons. The van der Waals surface area contributed by atoms with E-state index in [-0.39, 0.29) is 11.6 Å². The first-order valence-corrected chi connectivity index (χ1v) is 10.3. The van der Waals surface area contributed by atoms with Crippen molar-refractivity contribution in [1.29, 1.82) is 0 Å². The fourth-order valence-corrected chi connectivity index (χ4v) is 3.54. The van der Waals surface area contributed by atoms with Crippen LogP contribution in [-0.4, -0.2) is 23.8 Å². The fourth-order valence-electron chi connectivity index (χ4n) is 3.21. The van der Waals surface area contributed by atoms with E-state index in [1.54, 1.807) is 13.3 Å². The number of ether oxygens (including phenoxy) is 2. The van der Waals surface area contributed by atoms with Gasteiger partial charge in [-0.15, -0.1) is 0 Å². The zero-order valence-corrected chi connectivity index (χ0v) is 18.7. The maximum absolute atomic E-state index is 12.3. The van der Waals surface area contributed by atoms with Crippen LogP contribution in [0.5, 0.6) is 5.88 Å². The summed E-state index contributed by atoms with van der Waals surface area (Å²) in [4.78, 5) is 16.5. The lowest BCUT2D eigenvalue weighted by molar-refractivity contribution is 0.0377. The van der Waals surface area contributed by atoms with Crippen LogP contribution in [-0.2, 0) is 10.3 Å². The van der Waals surface area contributed by atoms with Crippen molar-refractivity contribution < 1.29 is 14.3 Å². The Hall–Kier alpha value is -2.52. The standard InChI is InChI=1S/C23H25BrN2O3/c1-22(2,3)29-21(27)26-23(12-5-13-23)18-10-7-16(8-11-18)6-9-17-14-19(24)15-25-20(17)28-4/h7-8,10-11,14-15H,5,12-13H2,1-4H3,(H,26,27). The van der Waals surface area contributed by atoms with Gasteiger partial charge in [-0.25, -0.2) is 9.78 Å². The van der Waals surface area contributed by atoms with Crippen molar-refractivity contribution in [2.24, 2.45) is 0 Å². The number of amides is 1. The molecular formula is C23H25BrN2O3. The molecular weight excluding hydrogens is 432 g/mol. The molecule has 0 bridgehead atoms. The summed E-state index contributed by atoms with van der Waals surface area (Å²) in [6, 6.07) is 9.86. The normalized spacial score (nSPS) is 14.8. The van der Waals surface area contributed by atoms with Crippen LogP contribution in [0.25, 0.3) is 0 Å². The van der Waals surface area contributed by atoms with Gasteiger partial charge in [-0.3, -0.25) is 0 Å². The molecule has 1 saturated carbocycles. The van der Waals surface area contributed by atoms with Gasteiger partial charge in [0.1, 0.15) is 5.60 Å². The van der Waals surface area contributed by atoms with Crippen molar-refractivity contribution in [1.82, 2.24) is 10.3 Å². The number of nitrogens with zero attached hydrogens (tertiary/aromatic N) is 1. The van der Waals surface area contributed by atoms with Crippen LogP contribution >= 0.6 is 15.9 Å². The lowest BCUT2D eigenvalue weighted by Gasteiger charge is -2.43. The highest BCUT2D eigenvalue weighted by molar-refractivity contribution is 9.10. The second-order valence-electron chi connectivity index (χ2n) is 8.10. The first kappa shape index (κ1) is 21.2. The van der Waals surface area contributed by atoms with E-state index in [1.165, 1.54) is 0 Å². The van der Waals surface area contributed by atoms with E-state index in [0.29, 0.717) is 11.4 Å². The minimum Gasteiger partial charge on any atom is -0.480 e. The van der Waals surface area contributed by atoms with Crippen LogP contribution in [0.15, 0.2) is 41.0 Å². The largest absolute Gasteiger partial charge is 0.480 e. The first-order valence-electron chi connectivity index (χ1n) is 9.54. The molecule has 0 spiro atoms. The van der Waals surface area contributed by atoms with E-state index in [4.69, 9.17) is 9.47 Å². The van der Waals surface area contributed by atoms with E-state index in [0.717, 1.165) is 34.9 Å². The molecule has 0 saturated heterocycles. The molecule has 1 amide bonds. The smallest absolute Gasteiger partial charge is 0.408 e.